The first kappa shape index (κ1) is 13.0. The van der Waals surface area contributed by atoms with Crippen molar-refractivity contribution in [3.63, 3.8) is 0 Å². The summed E-state index contributed by atoms with van der Waals surface area (Å²) in [6.07, 6.45) is 5.45. The molecule has 1 saturated heterocycles. The second kappa shape index (κ2) is 4.95. The van der Waals surface area contributed by atoms with Gasteiger partial charge in [-0.1, -0.05) is 0 Å². The topological polar surface area (TPSA) is 42.1 Å². The van der Waals surface area contributed by atoms with E-state index in [1.54, 1.807) is 6.20 Å². The van der Waals surface area contributed by atoms with Crippen molar-refractivity contribution >= 4 is 16.6 Å². The summed E-state index contributed by atoms with van der Waals surface area (Å²) in [6.45, 7) is 1.88. The van der Waals surface area contributed by atoms with E-state index in [0.29, 0.717) is 11.4 Å². The van der Waals surface area contributed by atoms with Crippen LogP contribution in [0.1, 0.15) is 19.3 Å². The van der Waals surface area contributed by atoms with E-state index in [9.17, 15) is 4.39 Å². The van der Waals surface area contributed by atoms with Gasteiger partial charge in [0.25, 0.3) is 0 Å². The number of aromatic nitrogens is 1. The van der Waals surface area contributed by atoms with Gasteiger partial charge in [-0.15, -0.1) is 0 Å². The number of piperidine rings is 1. The number of halogens is 1. The fourth-order valence-electron chi connectivity index (χ4n) is 3.68. The Bertz CT molecular complexity index is 668. The fourth-order valence-corrected chi connectivity index (χ4v) is 3.68. The quantitative estimate of drug-likeness (QED) is 0.922. The number of nitrogens with zero attached hydrogens (tertiary/aromatic N) is 2. The molecule has 0 amide bonds. The van der Waals surface area contributed by atoms with E-state index in [2.05, 4.69) is 9.88 Å². The van der Waals surface area contributed by atoms with Crippen LogP contribution in [0, 0.1) is 17.7 Å². The van der Waals surface area contributed by atoms with Crippen LogP contribution in [-0.4, -0.2) is 24.1 Å². The van der Waals surface area contributed by atoms with Crippen molar-refractivity contribution in [1.29, 1.82) is 0 Å². The highest BCUT2D eigenvalue weighted by molar-refractivity contribution is 5.92. The van der Waals surface area contributed by atoms with Crippen LogP contribution in [0.5, 0.6) is 0 Å². The number of nitrogens with two attached hydrogens (primary N) is 1. The molecule has 3 nitrogen and oxygen atoms in total. The van der Waals surface area contributed by atoms with Gasteiger partial charge in [-0.05, 0) is 55.4 Å². The molecule has 1 aliphatic carbocycles. The van der Waals surface area contributed by atoms with Crippen LogP contribution in [0.3, 0.4) is 0 Å². The number of rotatable bonds is 2. The summed E-state index contributed by atoms with van der Waals surface area (Å²) >= 11 is 0. The largest absolute Gasteiger partial charge is 0.369 e. The highest BCUT2D eigenvalue weighted by atomic mass is 19.1. The predicted molar refractivity (Wildman–Crippen MR) is 82.7 cm³/mol. The van der Waals surface area contributed by atoms with Crippen molar-refractivity contribution in [2.75, 3.05) is 18.0 Å². The predicted octanol–water partition coefficient (Wildman–Crippen LogP) is 2.94. The van der Waals surface area contributed by atoms with Crippen LogP contribution in [0.15, 0.2) is 30.5 Å². The Morgan fingerprint density at radius 2 is 2.00 bits per heavy atom. The van der Waals surface area contributed by atoms with E-state index in [4.69, 9.17) is 5.73 Å². The lowest BCUT2D eigenvalue weighted by molar-refractivity contribution is 0.342. The zero-order chi connectivity index (χ0) is 14.4. The molecule has 2 heterocycles. The number of hydrogen-bond donors (Lipinski definition) is 1. The average molecular weight is 285 g/mol. The molecule has 0 radical (unpaired) electrons. The Morgan fingerprint density at radius 3 is 2.81 bits per heavy atom. The monoisotopic (exact) mass is 285 g/mol. The van der Waals surface area contributed by atoms with E-state index in [1.165, 1.54) is 18.9 Å². The molecule has 1 aliphatic heterocycles. The fraction of sp³-hybridized carbons (Fsp3) is 0.471. The molecular formula is C17H20FN3. The molecule has 2 aromatic rings. The Morgan fingerprint density at radius 1 is 1.14 bits per heavy atom. The first-order chi connectivity index (χ1) is 10.2. The third-order valence-corrected chi connectivity index (χ3v) is 4.84. The van der Waals surface area contributed by atoms with Crippen molar-refractivity contribution in [2.24, 2.45) is 17.6 Å². The van der Waals surface area contributed by atoms with Gasteiger partial charge in [0.2, 0.25) is 0 Å². The molecule has 2 atom stereocenters. The summed E-state index contributed by atoms with van der Waals surface area (Å²) in [4.78, 5) is 6.52. The van der Waals surface area contributed by atoms with Gasteiger partial charge in [0, 0.05) is 36.4 Å². The van der Waals surface area contributed by atoms with E-state index in [-0.39, 0.29) is 11.9 Å². The molecule has 2 N–H and O–H groups in total. The maximum atomic E-state index is 13.9. The second-order valence-corrected chi connectivity index (χ2v) is 6.46. The molecule has 0 unspecified atom stereocenters. The molecule has 2 fully saturated rings. The molecule has 110 valence electrons. The third kappa shape index (κ3) is 2.38. The van der Waals surface area contributed by atoms with Crippen molar-refractivity contribution in [1.82, 2.24) is 4.98 Å². The maximum Gasteiger partial charge on any atom is 0.149 e. The lowest BCUT2D eigenvalue weighted by atomic mass is 9.90. The van der Waals surface area contributed by atoms with Crippen LogP contribution in [0.2, 0.25) is 0 Å². The normalized spacial score (nSPS) is 26.3. The van der Waals surface area contributed by atoms with Crippen LogP contribution in [0.25, 0.3) is 10.9 Å². The molecule has 0 spiro atoms. The molecular weight excluding hydrogens is 265 g/mol. The minimum Gasteiger partial charge on any atom is -0.369 e. The third-order valence-electron chi connectivity index (χ3n) is 4.84. The van der Waals surface area contributed by atoms with Gasteiger partial charge >= 0.3 is 0 Å². The average Bonchev–Trinajstić information content (AvgIpc) is 3.32. The van der Waals surface area contributed by atoms with Gasteiger partial charge in [0.05, 0.1) is 0 Å². The van der Waals surface area contributed by atoms with Gasteiger partial charge in [0.1, 0.15) is 11.3 Å². The summed E-state index contributed by atoms with van der Waals surface area (Å²) in [7, 11) is 0. The SMILES string of the molecule is N[C@@H]1C[C@H](C2CC2)CN(c2ccc(F)c3ncccc23)C1. The summed E-state index contributed by atoms with van der Waals surface area (Å²) in [5, 5.41) is 0.890. The van der Waals surface area contributed by atoms with E-state index < -0.39 is 0 Å². The van der Waals surface area contributed by atoms with Crippen LogP contribution in [-0.2, 0) is 0 Å². The Labute approximate surface area is 124 Å². The molecule has 0 bridgehead atoms. The summed E-state index contributed by atoms with van der Waals surface area (Å²) < 4.78 is 13.9. The van der Waals surface area contributed by atoms with E-state index >= 15 is 0 Å². The number of hydrogen-bond acceptors (Lipinski definition) is 3. The second-order valence-electron chi connectivity index (χ2n) is 6.46. The summed E-state index contributed by atoms with van der Waals surface area (Å²) in [5.41, 5.74) is 7.79. The first-order valence-electron chi connectivity index (χ1n) is 7.76. The van der Waals surface area contributed by atoms with E-state index in [0.717, 1.165) is 36.5 Å². The van der Waals surface area contributed by atoms with Crippen molar-refractivity contribution in [3.05, 3.63) is 36.3 Å². The zero-order valence-electron chi connectivity index (χ0n) is 12.0. The Kier molecular flexibility index (Phi) is 3.07. The van der Waals surface area contributed by atoms with E-state index in [1.807, 2.05) is 18.2 Å². The molecule has 4 heteroatoms. The van der Waals surface area contributed by atoms with Gasteiger partial charge in [-0.2, -0.15) is 0 Å². The number of benzene rings is 1. The zero-order valence-corrected chi connectivity index (χ0v) is 12.0. The number of pyridine rings is 1. The minimum atomic E-state index is -0.255. The van der Waals surface area contributed by atoms with Crippen molar-refractivity contribution in [3.8, 4) is 0 Å². The minimum absolute atomic E-state index is 0.209. The van der Waals surface area contributed by atoms with Gasteiger partial charge < -0.3 is 10.6 Å². The molecule has 1 saturated carbocycles. The van der Waals surface area contributed by atoms with Crippen LogP contribution >= 0.6 is 0 Å². The highest BCUT2D eigenvalue weighted by Crippen LogP contribution is 2.42. The molecule has 1 aromatic heterocycles. The first-order valence-corrected chi connectivity index (χ1v) is 7.76. The number of fused-ring (bicyclic) bond motifs is 1. The molecule has 4 rings (SSSR count). The van der Waals surface area contributed by atoms with Gasteiger partial charge in [-0.3, -0.25) is 4.98 Å². The van der Waals surface area contributed by atoms with Crippen LogP contribution < -0.4 is 10.6 Å². The molecule has 1 aromatic carbocycles. The Balaban J connectivity index is 1.73. The van der Waals surface area contributed by atoms with Crippen LogP contribution in [0.4, 0.5) is 10.1 Å². The van der Waals surface area contributed by atoms with Gasteiger partial charge in [0.15, 0.2) is 0 Å². The van der Waals surface area contributed by atoms with Gasteiger partial charge in [-0.25, -0.2) is 4.39 Å². The van der Waals surface area contributed by atoms with Crippen molar-refractivity contribution < 1.29 is 4.39 Å². The summed E-state index contributed by atoms with van der Waals surface area (Å²) in [6, 6.07) is 7.43. The lowest BCUT2D eigenvalue weighted by Crippen LogP contribution is -2.47. The summed E-state index contributed by atoms with van der Waals surface area (Å²) in [5.74, 6) is 1.28. The maximum absolute atomic E-state index is 13.9. The molecule has 21 heavy (non-hydrogen) atoms. The van der Waals surface area contributed by atoms with Crippen molar-refractivity contribution in [2.45, 2.75) is 25.3 Å². The Hall–Kier alpha value is -1.68. The standard InChI is InChI=1S/C17H20FN3/c18-15-5-6-16(14-2-1-7-20-17(14)15)21-9-12(11-3-4-11)8-13(19)10-21/h1-2,5-7,11-13H,3-4,8-10,19H2/t12-,13+/m0/s1. The highest BCUT2D eigenvalue weighted by Gasteiger charge is 2.36. The number of anilines is 1. The molecule has 2 aliphatic rings. The lowest BCUT2D eigenvalue weighted by Gasteiger charge is -2.38. The smallest absolute Gasteiger partial charge is 0.149 e.